The van der Waals surface area contributed by atoms with E-state index in [0.29, 0.717) is 17.1 Å². The minimum Gasteiger partial charge on any atom is -0.324 e. The third kappa shape index (κ3) is 8.03. The maximum absolute atomic E-state index is 12.0. The van der Waals surface area contributed by atoms with Gasteiger partial charge in [-0.2, -0.15) is 48.6 Å². The first-order valence-electron chi connectivity index (χ1n) is 13.9. The Hall–Kier alpha value is -5.33. The average Bonchev–Trinajstić information content (AvgIpc) is 3.02. The number of rotatable bonds is 10. The predicted molar refractivity (Wildman–Crippen MR) is 183 cm³/mol. The van der Waals surface area contributed by atoms with Gasteiger partial charge in [0.25, 0.3) is 40.5 Å². The summed E-state index contributed by atoms with van der Waals surface area (Å²) in [6, 6.07) is 19.3. The predicted octanol–water partition coefficient (Wildman–Crippen LogP) is 4.40. The van der Waals surface area contributed by atoms with Crippen molar-refractivity contribution in [3.63, 3.8) is 0 Å². The van der Waals surface area contributed by atoms with Crippen LogP contribution in [0.3, 0.4) is 0 Å². The van der Waals surface area contributed by atoms with Crippen molar-refractivity contribution in [3.05, 3.63) is 91.0 Å². The Balaban J connectivity index is 1.42. The second kappa shape index (κ2) is 12.8. The summed E-state index contributed by atoms with van der Waals surface area (Å²) in [7, 11) is -18.9. The van der Waals surface area contributed by atoms with Crippen molar-refractivity contribution in [2.24, 2.45) is 0 Å². The molecule has 51 heavy (non-hydrogen) atoms. The molecule has 0 bridgehead atoms. The molecule has 18 nitrogen and oxygen atoms in total. The average molecular weight is 775 g/mol. The van der Waals surface area contributed by atoms with E-state index in [1.54, 1.807) is 12.1 Å². The van der Waals surface area contributed by atoms with Crippen LogP contribution in [0.2, 0.25) is 0 Å². The van der Waals surface area contributed by atoms with Crippen LogP contribution < -0.4 is 16.0 Å². The normalized spacial score (nSPS) is 12.5. The van der Waals surface area contributed by atoms with Gasteiger partial charge in [-0.25, -0.2) is 0 Å². The molecule has 0 aliphatic carbocycles. The summed E-state index contributed by atoms with van der Waals surface area (Å²) >= 11 is 0. The summed E-state index contributed by atoms with van der Waals surface area (Å²) in [4.78, 5) is 10.6. The number of nitrogens with one attached hydrogen (secondary N) is 3. The highest BCUT2D eigenvalue weighted by Crippen LogP contribution is 2.31. The van der Waals surface area contributed by atoms with E-state index in [4.69, 9.17) is 0 Å². The zero-order valence-corrected chi connectivity index (χ0v) is 28.5. The van der Waals surface area contributed by atoms with Gasteiger partial charge in [0.1, 0.15) is 9.79 Å². The molecule has 0 amide bonds. The molecular weight excluding hydrogens is 753 g/mol. The largest absolute Gasteiger partial charge is 0.324 e. The second-order valence-corrected chi connectivity index (χ2v) is 16.3. The summed E-state index contributed by atoms with van der Waals surface area (Å²) in [6.45, 7) is 0. The minimum atomic E-state index is -4.93. The second-order valence-electron chi connectivity index (χ2n) is 10.7. The molecule has 0 fully saturated rings. The first kappa shape index (κ1) is 35.5. The molecule has 0 radical (unpaired) electrons. The lowest BCUT2D eigenvalue weighted by molar-refractivity contribution is 0.479. The van der Waals surface area contributed by atoms with Crippen LogP contribution in [0.1, 0.15) is 0 Å². The summed E-state index contributed by atoms with van der Waals surface area (Å²) in [5, 5.41) is 9.14. The summed E-state index contributed by atoms with van der Waals surface area (Å²) in [5.74, 6) is -0.454. The SMILES string of the molecule is O=S(=O)(O)c1cccc(Nc2nc(Nc3ccc4c(S(=O)(=O)O)cccc4c3)nc(Nc3ccc4c(S(=O)(=O)O)cc(S(=O)(=O)O)cc4c3)n2)c1. The van der Waals surface area contributed by atoms with E-state index in [1.807, 2.05) is 0 Å². The molecule has 22 heteroatoms. The van der Waals surface area contributed by atoms with Crippen molar-refractivity contribution in [1.29, 1.82) is 0 Å². The van der Waals surface area contributed by atoms with Crippen LogP contribution in [0.15, 0.2) is 111 Å². The molecule has 0 unspecified atom stereocenters. The molecule has 0 atom stereocenters. The van der Waals surface area contributed by atoms with E-state index in [2.05, 4.69) is 30.9 Å². The molecule has 6 rings (SSSR count). The first-order valence-corrected chi connectivity index (χ1v) is 19.7. The molecule has 0 saturated carbocycles. The van der Waals surface area contributed by atoms with E-state index in [9.17, 15) is 51.9 Å². The van der Waals surface area contributed by atoms with Crippen LogP contribution in [0, 0.1) is 0 Å². The van der Waals surface area contributed by atoms with Crippen LogP contribution >= 0.6 is 0 Å². The molecule has 7 N–H and O–H groups in total. The van der Waals surface area contributed by atoms with Crippen molar-refractivity contribution in [2.45, 2.75) is 19.6 Å². The number of benzene rings is 5. The van der Waals surface area contributed by atoms with E-state index in [0.717, 1.165) is 18.2 Å². The Bertz CT molecular complexity index is 2850. The van der Waals surface area contributed by atoms with Gasteiger partial charge in [0.05, 0.1) is 9.79 Å². The Morgan fingerprint density at radius 1 is 0.412 bits per heavy atom. The third-order valence-corrected chi connectivity index (χ3v) is 10.6. The van der Waals surface area contributed by atoms with Gasteiger partial charge in [0, 0.05) is 27.8 Å². The zero-order valence-electron chi connectivity index (χ0n) is 25.2. The van der Waals surface area contributed by atoms with Crippen LogP contribution in [-0.4, -0.2) is 66.8 Å². The van der Waals surface area contributed by atoms with Gasteiger partial charge >= 0.3 is 0 Å². The fourth-order valence-electron chi connectivity index (χ4n) is 4.97. The van der Waals surface area contributed by atoms with Gasteiger partial charge in [-0.3, -0.25) is 18.2 Å². The third-order valence-electron chi connectivity index (χ3n) is 7.12. The van der Waals surface area contributed by atoms with Crippen molar-refractivity contribution in [3.8, 4) is 0 Å². The Labute approximate surface area is 289 Å². The van der Waals surface area contributed by atoms with E-state index < -0.39 is 55.2 Å². The number of anilines is 6. The first-order chi connectivity index (χ1) is 23.7. The van der Waals surface area contributed by atoms with Crippen LogP contribution in [0.5, 0.6) is 0 Å². The fraction of sp³-hybridized carbons (Fsp3) is 0. The quantitative estimate of drug-likeness (QED) is 0.0949. The molecule has 5 aromatic carbocycles. The van der Waals surface area contributed by atoms with E-state index in [-0.39, 0.29) is 50.3 Å². The van der Waals surface area contributed by atoms with Gasteiger partial charge < -0.3 is 16.0 Å². The Morgan fingerprint density at radius 2 is 0.882 bits per heavy atom. The lowest BCUT2D eigenvalue weighted by Gasteiger charge is -2.13. The van der Waals surface area contributed by atoms with Gasteiger partial charge in [0.15, 0.2) is 0 Å². The highest BCUT2D eigenvalue weighted by Gasteiger charge is 2.21. The summed E-state index contributed by atoms with van der Waals surface area (Å²) in [5.41, 5.74) is 0.654. The molecule has 0 aliphatic heterocycles. The van der Waals surface area contributed by atoms with Gasteiger partial charge in [-0.15, -0.1) is 0 Å². The Kier molecular flexibility index (Phi) is 8.89. The molecule has 6 aromatic rings. The lowest BCUT2D eigenvalue weighted by Crippen LogP contribution is -2.08. The molecule has 0 saturated heterocycles. The highest BCUT2D eigenvalue weighted by atomic mass is 32.2. The highest BCUT2D eigenvalue weighted by molar-refractivity contribution is 7.87. The molecule has 0 aliphatic rings. The van der Waals surface area contributed by atoms with E-state index >= 15 is 0 Å². The molecular formula is C29H22N6O12S4. The number of fused-ring (bicyclic) bond motifs is 2. The standard InChI is InChI=1S/C29H22N6O12S4/c36-48(37,38)21-5-2-4-18(14-21)30-27-33-28(31-19-7-9-23-16(11-19)3-1-6-25(23)50(42,43)44)35-29(34-27)32-20-8-10-24-17(12-20)13-22(49(39,40)41)15-26(24)51(45,46)47/h1-15H,(H,36,37,38)(H,39,40,41)(H,42,43,44)(H,45,46,47)(H3,30,31,32,33,34,35). The summed E-state index contributed by atoms with van der Waals surface area (Å²) in [6.07, 6.45) is 0. The topological polar surface area (TPSA) is 292 Å². The van der Waals surface area contributed by atoms with Crippen LogP contribution in [-0.2, 0) is 40.5 Å². The van der Waals surface area contributed by atoms with E-state index in [1.165, 1.54) is 54.6 Å². The molecule has 264 valence electrons. The van der Waals surface area contributed by atoms with Crippen molar-refractivity contribution >= 4 is 96.9 Å². The lowest BCUT2D eigenvalue weighted by atomic mass is 10.1. The van der Waals surface area contributed by atoms with Crippen molar-refractivity contribution < 1.29 is 51.9 Å². The van der Waals surface area contributed by atoms with Crippen molar-refractivity contribution in [1.82, 2.24) is 15.0 Å². The summed E-state index contributed by atoms with van der Waals surface area (Å²) < 4.78 is 133. The maximum atomic E-state index is 12.0. The fourth-order valence-corrected chi connectivity index (χ4v) is 7.57. The van der Waals surface area contributed by atoms with Gasteiger partial charge in [-0.1, -0.05) is 30.3 Å². The number of nitrogens with zero attached hydrogens (tertiary/aromatic N) is 3. The van der Waals surface area contributed by atoms with Crippen LogP contribution in [0.25, 0.3) is 21.5 Å². The van der Waals surface area contributed by atoms with Gasteiger partial charge in [0.2, 0.25) is 17.8 Å². The number of hydrogen-bond donors (Lipinski definition) is 7. The number of hydrogen-bond acceptors (Lipinski definition) is 14. The minimum absolute atomic E-state index is 0.0315. The number of aromatic nitrogens is 3. The zero-order chi connectivity index (χ0) is 36.9. The molecule has 1 aromatic heterocycles. The monoisotopic (exact) mass is 774 g/mol. The smallest absolute Gasteiger partial charge is 0.295 e. The van der Waals surface area contributed by atoms with Crippen LogP contribution in [0.4, 0.5) is 34.9 Å². The van der Waals surface area contributed by atoms with Crippen molar-refractivity contribution in [2.75, 3.05) is 16.0 Å². The molecule has 1 heterocycles. The van der Waals surface area contributed by atoms with Gasteiger partial charge in [-0.05, 0) is 71.4 Å². The maximum Gasteiger partial charge on any atom is 0.295 e. The molecule has 0 spiro atoms. The Morgan fingerprint density at radius 3 is 1.39 bits per heavy atom.